The maximum Gasteiger partial charge on any atom is 0.167 e. The van der Waals surface area contributed by atoms with E-state index in [-0.39, 0.29) is 11.5 Å². The molecule has 0 aliphatic carbocycles. The van der Waals surface area contributed by atoms with Crippen LogP contribution in [-0.4, -0.2) is 10.9 Å². The van der Waals surface area contributed by atoms with Gasteiger partial charge < -0.3 is 5.11 Å². The van der Waals surface area contributed by atoms with Crippen molar-refractivity contribution in [1.29, 1.82) is 0 Å². The molecule has 2 rings (SSSR count). The van der Waals surface area contributed by atoms with Gasteiger partial charge in [0.15, 0.2) is 5.78 Å². The van der Waals surface area contributed by atoms with E-state index in [9.17, 15) is 9.90 Å². The van der Waals surface area contributed by atoms with E-state index in [2.05, 4.69) is 26.0 Å². The Morgan fingerprint density at radius 2 is 1.58 bits per heavy atom. The average molecular weight is 254 g/mol. The molecule has 0 bridgehead atoms. The fraction of sp³-hybridized carbons (Fsp3) is 0.235. The highest BCUT2D eigenvalue weighted by atomic mass is 16.3. The Bertz CT molecular complexity index is 551. The van der Waals surface area contributed by atoms with Gasteiger partial charge in [0.2, 0.25) is 0 Å². The minimum absolute atomic E-state index is 0.0669. The van der Waals surface area contributed by atoms with Crippen molar-refractivity contribution in [3.8, 4) is 5.75 Å². The van der Waals surface area contributed by atoms with Crippen LogP contribution in [0.2, 0.25) is 0 Å². The first-order chi connectivity index (χ1) is 9.06. The van der Waals surface area contributed by atoms with E-state index in [0.717, 1.165) is 5.56 Å². The Hall–Kier alpha value is -2.09. The monoisotopic (exact) mass is 254 g/mol. The van der Waals surface area contributed by atoms with Gasteiger partial charge >= 0.3 is 0 Å². The second-order valence-electron chi connectivity index (χ2n) is 5.04. The van der Waals surface area contributed by atoms with Crippen LogP contribution in [0.4, 0.5) is 0 Å². The molecule has 0 atom stereocenters. The topological polar surface area (TPSA) is 37.3 Å². The molecule has 0 aliphatic heterocycles. The molecule has 0 saturated carbocycles. The molecule has 0 fully saturated rings. The van der Waals surface area contributed by atoms with Gasteiger partial charge in [-0.3, -0.25) is 4.79 Å². The van der Waals surface area contributed by atoms with Crippen molar-refractivity contribution in [3.05, 3.63) is 65.2 Å². The Kier molecular flexibility index (Phi) is 4.00. The second kappa shape index (κ2) is 5.70. The standard InChI is InChI=1S/C17H18O2/c1-12(2)14-5-3-13(4-6-14)11-17(19)15-7-9-16(18)10-8-15/h3-10,12,18H,11H2,1-2H3. The largest absolute Gasteiger partial charge is 0.508 e. The Morgan fingerprint density at radius 1 is 1.00 bits per heavy atom. The fourth-order valence-corrected chi connectivity index (χ4v) is 1.96. The first-order valence-corrected chi connectivity index (χ1v) is 6.47. The van der Waals surface area contributed by atoms with Gasteiger partial charge in [0, 0.05) is 12.0 Å². The molecule has 0 aromatic heterocycles. The number of carbonyl (C=O) groups is 1. The summed E-state index contributed by atoms with van der Waals surface area (Å²) in [5, 5.41) is 9.20. The lowest BCUT2D eigenvalue weighted by atomic mass is 9.98. The number of hydrogen-bond donors (Lipinski definition) is 1. The number of ketones is 1. The van der Waals surface area contributed by atoms with Crippen LogP contribution in [-0.2, 0) is 6.42 Å². The molecule has 1 N–H and O–H groups in total. The van der Waals surface area contributed by atoms with E-state index in [0.29, 0.717) is 17.9 Å². The minimum atomic E-state index is 0.0669. The smallest absolute Gasteiger partial charge is 0.167 e. The zero-order valence-corrected chi connectivity index (χ0v) is 11.3. The number of benzene rings is 2. The molecule has 2 heteroatoms. The maximum absolute atomic E-state index is 12.1. The Balaban J connectivity index is 2.08. The summed E-state index contributed by atoms with van der Waals surface area (Å²) in [6.07, 6.45) is 0.392. The molecule has 0 heterocycles. The van der Waals surface area contributed by atoms with Crippen molar-refractivity contribution >= 4 is 5.78 Å². The van der Waals surface area contributed by atoms with E-state index in [1.165, 1.54) is 17.7 Å². The van der Waals surface area contributed by atoms with Crippen molar-refractivity contribution in [2.75, 3.05) is 0 Å². The van der Waals surface area contributed by atoms with Gasteiger partial charge in [0.1, 0.15) is 5.75 Å². The van der Waals surface area contributed by atoms with Crippen LogP contribution >= 0.6 is 0 Å². The predicted molar refractivity (Wildman–Crippen MR) is 76.7 cm³/mol. The molecule has 0 saturated heterocycles. The number of phenols is 1. The number of carbonyl (C=O) groups excluding carboxylic acids is 1. The van der Waals surface area contributed by atoms with E-state index >= 15 is 0 Å². The molecule has 2 nitrogen and oxygen atoms in total. The summed E-state index contributed by atoms with van der Waals surface area (Å²) in [5.41, 5.74) is 2.93. The van der Waals surface area contributed by atoms with Crippen LogP contribution in [0.5, 0.6) is 5.75 Å². The van der Waals surface area contributed by atoms with Gasteiger partial charge in [-0.05, 0) is 41.3 Å². The van der Waals surface area contributed by atoms with Crippen LogP contribution in [0, 0.1) is 0 Å². The first kappa shape index (κ1) is 13.3. The third-order valence-corrected chi connectivity index (χ3v) is 3.20. The molecular weight excluding hydrogens is 236 g/mol. The van der Waals surface area contributed by atoms with Gasteiger partial charge in [-0.25, -0.2) is 0 Å². The molecule has 0 radical (unpaired) electrons. The van der Waals surface area contributed by atoms with E-state index in [4.69, 9.17) is 0 Å². The van der Waals surface area contributed by atoms with Gasteiger partial charge in [-0.2, -0.15) is 0 Å². The zero-order valence-electron chi connectivity index (χ0n) is 11.3. The number of rotatable bonds is 4. The van der Waals surface area contributed by atoms with Crippen molar-refractivity contribution in [2.45, 2.75) is 26.2 Å². The summed E-state index contributed by atoms with van der Waals surface area (Å²) < 4.78 is 0. The molecule has 0 aliphatic rings. The summed E-state index contributed by atoms with van der Waals surface area (Å²) >= 11 is 0. The maximum atomic E-state index is 12.1. The molecule has 2 aromatic rings. The lowest BCUT2D eigenvalue weighted by molar-refractivity contribution is 0.0993. The predicted octanol–water partition coefficient (Wildman–Crippen LogP) is 3.94. The summed E-state index contributed by atoms with van der Waals surface area (Å²) in [5.74, 6) is 0.747. The highest BCUT2D eigenvalue weighted by Gasteiger charge is 2.07. The summed E-state index contributed by atoms with van der Waals surface area (Å²) in [4.78, 5) is 12.1. The molecule has 19 heavy (non-hydrogen) atoms. The normalized spacial score (nSPS) is 10.7. The van der Waals surface area contributed by atoms with Crippen LogP contribution in [0.25, 0.3) is 0 Å². The number of hydrogen-bond acceptors (Lipinski definition) is 2. The fourth-order valence-electron chi connectivity index (χ4n) is 1.96. The van der Waals surface area contributed by atoms with E-state index < -0.39 is 0 Å². The third kappa shape index (κ3) is 3.44. The first-order valence-electron chi connectivity index (χ1n) is 6.47. The summed E-state index contributed by atoms with van der Waals surface area (Å²) in [7, 11) is 0. The number of phenolic OH excluding ortho intramolecular Hbond substituents is 1. The van der Waals surface area contributed by atoms with Gasteiger partial charge in [0.25, 0.3) is 0 Å². The van der Waals surface area contributed by atoms with Crippen molar-refractivity contribution < 1.29 is 9.90 Å². The lowest BCUT2D eigenvalue weighted by Gasteiger charge is -2.06. The summed E-state index contributed by atoms with van der Waals surface area (Å²) in [6, 6.07) is 14.5. The highest BCUT2D eigenvalue weighted by Crippen LogP contribution is 2.16. The van der Waals surface area contributed by atoms with Crippen molar-refractivity contribution in [3.63, 3.8) is 0 Å². The minimum Gasteiger partial charge on any atom is -0.508 e. The molecular formula is C17H18O2. The van der Waals surface area contributed by atoms with Gasteiger partial charge in [0.05, 0.1) is 0 Å². The van der Waals surface area contributed by atoms with Crippen LogP contribution in [0.1, 0.15) is 41.3 Å². The van der Waals surface area contributed by atoms with Crippen molar-refractivity contribution in [2.24, 2.45) is 0 Å². The van der Waals surface area contributed by atoms with Crippen molar-refractivity contribution in [1.82, 2.24) is 0 Å². The Morgan fingerprint density at radius 3 is 2.11 bits per heavy atom. The zero-order chi connectivity index (χ0) is 13.8. The Labute approximate surface area is 113 Å². The average Bonchev–Trinajstić information content (AvgIpc) is 2.40. The quantitative estimate of drug-likeness (QED) is 0.839. The SMILES string of the molecule is CC(C)c1ccc(CC(=O)c2ccc(O)cc2)cc1. The number of Topliss-reactive ketones (excluding diaryl/α,β-unsaturated/α-hetero) is 1. The third-order valence-electron chi connectivity index (χ3n) is 3.20. The molecule has 2 aromatic carbocycles. The second-order valence-corrected chi connectivity index (χ2v) is 5.04. The molecule has 98 valence electrons. The van der Waals surface area contributed by atoms with Crippen LogP contribution in [0.15, 0.2) is 48.5 Å². The van der Waals surface area contributed by atoms with E-state index in [1.807, 2.05) is 12.1 Å². The van der Waals surface area contributed by atoms with Gasteiger partial charge in [-0.1, -0.05) is 38.1 Å². The molecule has 0 unspecified atom stereocenters. The van der Waals surface area contributed by atoms with Gasteiger partial charge in [-0.15, -0.1) is 0 Å². The van der Waals surface area contributed by atoms with Crippen LogP contribution < -0.4 is 0 Å². The highest BCUT2D eigenvalue weighted by molar-refractivity contribution is 5.97. The lowest BCUT2D eigenvalue weighted by Crippen LogP contribution is -2.03. The summed E-state index contributed by atoms with van der Waals surface area (Å²) in [6.45, 7) is 4.30. The van der Waals surface area contributed by atoms with E-state index in [1.54, 1.807) is 12.1 Å². The van der Waals surface area contributed by atoms with Crippen LogP contribution in [0.3, 0.4) is 0 Å². The number of aromatic hydroxyl groups is 1. The molecule has 0 amide bonds. The molecule has 0 spiro atoms.